The van der Waals surface area contributed by atoms with E-state index in [0.717, 1.165) is 6.07 Å². The molecule has 2 aromatic heterocycles. The third kappa shape index (κ3) is 6.10. The maximum absolute atomic E-state index is 13.5. The molecule has 0 saturated heterocycles. The zero-order valence-corrected chi connectivity index (χ0v) is 22.5. The zero-order valence-electron chi connectivity index (χ0n) is 21.0. The van der Waals surface area contributed by atoms with Crippen LogP contribution in [0.2, 0.25) is 5.02 Å². The lowest BCUT2D eigenvalue weighted by Crippen LogP contribution is -2.30. The normalized spacial score (nSPS) is 13.0. The van der Waals surface area contributed by atoms with E-state index in [0.29, 0.717) is 22.6 Å². The highest BCUT2D eigenvalue weighted by Crippen LogP contribution is 2.35. The Balaban J connectivity index is 1.57. The van der Waals surface area contributed by atoms with Gasteiger partial charge in [-0.1, -0.05) is 36.7 Å². The van der Waals surface area contributed by atoms with Crippen molar-refractivity contribution in [3.63, 3.8) is 0 Å². The van der Waals surface area contributed by atoms with Crippen LogP contribution in [-0.4, -0.2) is 41.2 Å². The van der Waals surface area contributed by atoms with Gasteiger partial charge in [-0.15, -0.1) is 0 Å². The number of amides is 1. The molecule has 2 aromatic carbocycles. The number of imidazole rings is 1. The van der Waals surface area contributed by atoms with Crippen LogP contribution in [0, 0.1) is 6.92 Å². The number of benzene rings is 2. The first-order valence-corrected chi connectivity index (χ1v) is 13.9. The molecule has 0 aliphatic rings. The van der Waals surface area contributed by atoms with Crippen molar-refractivity contribution in [2.75, 3.05) is 12.4 Å². The summed E-state index contributed by atoms with van der Waals surface area (Å²) >= 11 is 5.79. The van der Waals surface area contributed by atoms with Crippen LogP contribution in [0.4, 0.5) is 13.2 Å². The van der Waals surface area contributed by atoms with Gasteiger partial charge in [-0.05, 0) is 54.4 Å². The predicted molar refractivity (Wildman–Crippen MR) is 141 cm³/mol. The fourth-order valence-electron chi connectivity index (χ4n) is 4.22. The molecule has 0 fully saturated rings. The Labute approximate surface area is 228 Å². The molecule has 206 valence electrons. The number of carbonyl (C=O) groups is 1. The van der Waals surface area contributed by atoms with Crippen molar-refractivity contribution in [1.29, 1.82) is 0 Å². The second-order valence-electron chi connectivity index (χ2n) is 8.94. The number of halogens is 4. The molecule has 0 aliphatic carbocycles. The summed E-state index contributed by atoms with van der Waals surface area (Å²) < 4.78 is 66.4. The molecule has 0 unspecified atom stereocenters. The monoisotopic (exact) mass is 579 g/mol. The molecule has 12 heteroatoms. The average molecular weight is 580 g/mol. The van der Waals surface area contributed by atoms with Crippen LogP contribution in [0.5, 0.6) is 0 Å². The van der Waals surface area contributed by atoms with Crippen molar-refractivity contribution in [3.05, 3.63) is 99.5 Å². The number of hydrogen-bond donors (Lipinski definition) is 2. The molecule has 2 heterocycles. The summed E-state index contributed by atoms with van der Waals surface area (Å²) in [6.07, 6.45) is -3.06. The molecule has 0 saturated carbocycles. The van der Waals surface area contributed by atoms with Crippen LogP contribution in [-0.2, 0) is 22.4 Å². The summed E-state index contributed by atoms with van der Waals surface area (Å²) in [5.74, 6) is -0.561. The molecule has 0 aliphatic heterocycles. The molecule has 4 aromatic rings. The van der Waals surface area contributed by atoms with Crippen molar-refractivity contribution in [3.8, 4) is 0 Å². The van der Waals surface area contributed by atoms with Crippen LogP contribution < -0.4 is 5.32 Å². The van der Waals surface area contributed by atoms with E-state index in [1.807, 2.05) is 0 Å². The minimum absolute atomic E-state index is 0.0171. The molecule has 4 rings (SSSR count). The fourth-order valence-corrected chi connectivity index (χ4v) is 5.28. The van der Waals surface area contributed by atoms with Gasteiger partial charge in [0.2, 0.25) is 0 Å². The van der Waals surface area contributed by atoms with E-state index in [1.165, 1.54) is 48.5 Å². The lowest BCUT2D eigenvalue weighted by atomic mass is 10.0. The number of sulfone groups is 1. The van der Waals surface area contributed by atoms with Crippen LogP contribution in [0.15, 0.2) is 65.7 Å². The van der Waals surface area contributed by atoms with Crippen molar-refractivity contribution in [2.24, 2.45) is 0 Å². The number of nitrogens with one attached hydrogen (secondary N) is 1. The molecule has 0 bridgehead atoms. The highest BCUT2D eigenvalue weighted by Gasteiger charge is 2.34. The zero-order chi connectivity index (χ0) is 28.5. The van der Waals surface area contributed by atoms with E-state index in [-0.39, 0.29) is 33.2 Å². The number of hydrogen-bond acceptors (Lipinski definition) is 5. The molecule has 0 radical (unpaired) electrons. The summed E-state index contributed by atoms with van der Waals surface area (Å²) in [5.41, 5.74) is 1.34. The van der Waals surface area contributed by atoms with Crippen LogP contribution in [0.1, 0.15) is 51.4 Å². The smallest absolute Gasteiger partial charge is 0.394 e. The van der Waals surface area contributed by atoms with E-state index in [2.05, 4.69) is 10.3 Å². The number of carbonyl (C=O) groups excluding carboxylic acids is 1. The second-order valence-corrected chi connectivity index (χ2v) is 11.7. The first-order valence-electron chi connectivity index (χ1n) is 11.9. The van der Waals surface area contributed by atoms with Crippen molar-refractivity contribution in [1.82, 2.24) is 14.7 Å². The van der Waals surface area contributed by atoms with Gasteiger partial charge in [0.1, 0.15) is 5.65 Å². The Hall–Kier alpha value is -3.41. The number of fused-ring (bicyclic) bond motifs is 1. The number of aromatic nitrogens is 2. The number of aryl methyl sites for hydroxylation is 1. The quantitative estimate of drug-likeness (QED) is 0.300. The molecule has 7 nitrogen and oxygen atoms in total. The van der Waals surface area contributed by atoms with E-state index in [9.17, 15) is 31.5 Å². The van der Waals surface area contributed by atoms with E-state index in [4.69, 9.17) is 11.6 Å². The van der Waals surface area contributed by atoms with Gasteiger partial charge < -0.3 is 14.8 Å². The molecule has 1 atom stereocenters. The predicted octanol–water partition coefficient (Wildman–Crippen LogP) is 5.16. The maximum atomic E-state index is 13.5. The van der Waals surface area contributed by atoms with Gasteiger partial charge in [-0.3, -0.25) is 4.79 Å². The Morgan fingerprint density at radius 3 is 2.44 bits per heavy atom. The van der Waals surface area contributed by atoms with Gasteiger partial charge >= 0.3 is 6.18 Å². The summed E-state index contributed by atoms with van der Waals surface area (Å²) in [5, 5.41) is 12.6. The third-order valence-electron chi connectivity index (χ3n) is 6.47. The van der Waals surface area contributed by atoms with Crippen LogP contribution in [0.25, 0.3) is 5.65 Å². The van der Waals surface area contributed by atoms with Gasteiger partial charge in [0.25, 0.3) is 5.91 Å². The summed E-state index contributed by atoms with van der Waals surface area (Å²) in [7, 11) is -3.39. The van der Waals surface area contributed by atoms with Gasteiger partial charge in [0.15, 0.2) is 9.84 Å². The van der Waals surface area contributed by atoms with Gasteiger partial charge in [-0.25, -0.2) is 13.4 Å². The molecular formula is C27H25ClF3N3O4S. The van der Waals surface area contributed by atoms with Crippen molar-refractivity contribution < 1.29 is 31.5 Å². The molecular weight excluding hydrogens is 555 g/mol. The van der Waals surface area contributed by atoms with E-state index < -0.39 is 40.1 Å². The number of aliphatic hydroxyl groups is 1. The Morgan fingerprint density at radius 2 is 1.82 bits per heavy atom. The third-order valence-corrected chi connectivity index (χ3v) is 8.46. The molecule has 2 N–H and O–H groups in total. The molecule has 39 heavy (non-hydrogen) atoms. The highest BCUT2D eigenvalue weighted by molar-refractivity contribution is 7.91. The SMILES string of the molecule is CCS(=O)(=O)c1ccc([C@H](CO)NC(=O)c2ccn3c(C)c(Cc4ccc(Cl)cc4C(F)(F)F)nc3c2)cc1. The summed E-state index contributed by atoms with van der Waals surface area (Å²) in [6.45, 7) is 2.84. The summed E-state index contributed by atoms with van der Waals surface area (Å²) in [4.78, 5) is 17.6. The average Bonchev–Trinajstić information content (AvgIpc) is 3.21. The number of alkyl halides is 3. The van der Waals surface area contributed by atoms with Gasteiger partial charge in [0.05, 0.1) is 34.6 Å². The Morgan fingerprint density at radius 1 is 1.13 bits per heavy atom. The Kier molecular flexibility index (Phi) is 8.06. The van der Waals surface area contributed by atoms with Crippen molar-refractivity contribution >= 4 is 33.0 Å². The lowest BCUT2D eigenvalue weighted by molar-refractivity contribution is -0.138. The van der Waals surface area contributed by atoms with Gasteiger partial charge in [0, 0.05) is 28.9 Å². The lowest BCUT2D eigenvalue weighted by Gasteiger charge is -2.17. The van der Waals surface area contributed by atoms with Crippen LogP contribution >= 0.6 is 11.6 Å². The largest absolute Gasteiger partial charge is 0.416 e. The maximum Gasteiger partial charge on any atom is 0.416 e. The second kappa shape index (κ2) is 11.0. The van der Waals surface area contributed by atoms with Crippen LogP contribution in [0.3, 0.4) is 0 Å². The number of aliphatic hydroxyl groups excluding tert-OH is 1. The van der Waals surface area contributed by atoms with E-state index >= 15 is 0 Å². The first kappa shape index (κ1) is 28.6. The number of nitrogens with zero attached hydrogens (tertiary/aromatic N) is 2. The number of pyridine rings is 1. The molecule has 1 amide bonds. The fraction of sp³-hybridized carbons (Fsp3) is 0.259. The molecule has 0 spiro atoms. The topological polar surface area (TPSA) is 101 Å². The highest BCUT2D eigenvalue weighted by atomic mass is 35.5. The Bertz CT molecular complexity index is 1630. The minimum Gasteiger partial charge on any atom is -0.394 e. The van der Waals surface area contributed by atoms with Gasteiger partial charge in [-0.2, -0.15) is 13.2 Å². The first-order chi connectivity index (χ1) is 18.3. The minimum atomic E-state index is -4.58. The standard InChI is InChI=1S/C27H25ClF3N3O4S/c1-3-39(37,38)21-8-5-17(6-9-21)24(15-35)33-26(36)19-10-11-34-16(2)23(32-25(34)13-19)12-18-4-7-20(28)14-22(18)27(29,30)31/h4-11,13-14,24,35H,3,12,15H2,1-2H3,(H,33,36)/t24-/m0/s1. The van der Waals surface area contributed by atoms with E-state index in [1.54, 1.807) is 24.4 Å². The van der Waals surface area contributed by atoms with Crippen molar-refractivity contribution in [2.45, 2.75) is 37.4 Å². The number of rotatable bonds is 8. The summed E-state index contributed by atoms with van der Waals surface area (Å²) in [6, 6.07) is 11.8.